The molecule has 0 saturated carbocycles. The molecule has 12 heavy (non-hydrogen) atoms. The topological polar surface area (TPSA) is 9.23 Å². The first-order valence-electron chi connectivity index (χ1n) is 4.03. The van der Waals surface area contributed by atoms with Crippen molar-refractivity contribution >= 4 is 0 Å². The number of allylic oxidation sites excluding steroid dienone is 1. The molecule has 0 unspecified atom stereocenters. The second-order valence-electron chi connectivity index (χ2n) is 2.66. The first-order chi connectivity index (χ1) is 5.83. The van der Waals surface area contributed by atoms with Gasteiger partial charge in [-0.2, -0.15) is 0 Å². The van der Waals surface area contributed by atoms with Crippen LogP contribution in [0.3, 0.4) is 0 Å². The van der Waals surface area contributed by atoms with Crippen molar-refractivity contribution in [3.05, 3.63) is 42.0 Å². The smallest absolute Gasteiger partial charge is 0.119 e. The zero-order chi connectivity index (χ0) is 8.81. The molecule has 0 heterocycles. The Bertz CT molecular complexity index is 249. The molecule has 63 valence electrons. The van der Waals surface area contributed by atoms with Crippen LogP contribution in [-0.4, -0.2) is 6.61 Å². The van der Waals surface area contributed by atoms with Crippen molar-refractivity contribution in [1.29, 1.82) is 0 Å². The maximum Gasteiger partial charge on any atom is 0.119 e. The van der Waals surface area contributed by atoms with Gasteiger partial charge in [0, 0.05) is 0 Å². The van der Waals surface area contributed by atoms with Crippen molar-refractivity contribution in [2.45, 2.75) is 13.8 Å². The Morgan fingerprint density at radius 2 is 2.17 bits per heavy atom. The van der Waals surface area contributed by atoms with Crippen molar-refractivity contribution < 1.29 is 4.74 Å². The largest absolute Gasteiger partial charge is 0.489 e. The summed E-state index contributed by atoms with van der Waals surface area (Å²) in [5.41, 5.74) is 1.24. The highest BCUT2D eigenvalue weighted by molar-refractivity contribution is 5.20. The molecule has 0 aliphatic heterocycles. The molecule has 0 aromatic heterocycles. The Kier molecular flexibility index (Phi) is 3.39. The van der Waals surface area contributed by atoms with Gasteiger partial charge >= 0.3 is 0 Å². The van der Waals surface area contributed by atoms with Crippen molar-refractivity contribution in [3.63, 3.8) is 0 Å². The van der Waals surface area contributed by atoms with Gasteiger partial charge in [-0.15, -0.1) is 0 Å². The molecule has 1 aromatic rings. The van der Waals surface area contributed by atoms with Crippen LogP contribution in [0.2, 0.25) is 0 Å². The molecule has 0 bridgehead atoms. The first kappa shape index (κ1) is 8.85. The van der Waals surface area contributed by atoms with Gasteiger partial charge in [0.25, 0.3) is 0 Å². The van der Waals surface area contributed by atoms with Crippen LogP contribution in [0.1, 0.15) is 13.8 Å². The normalized spacial score (nSPS) is 11.3. The van der Waals surface area contributed by atoms with Crippen LogP contribution in [0, 0.1) is 6.07 Å². The summed E-state index contributed by atoms with van der Waals surface area (Å²) >= 11 is 0. The highest BCUT2D eigenvalue weighted by Gasteiger charge is 1.90. The molecule has 1 radical (unpaired) electrons. The lowest BCUT2D eigenvalue weighted by atomic mass is 10.3. The molecule has 0 amide bonds. The van der Waals surface area contributed by atoms with E-state index in [4.69, 9.17) is 4.74 Å². The number of rotatable bonds is 3. The summed E-state index contributed by atoms with van der Waals surface area (Å²) in [5, 5.41) is 0. The second kappa shape index (κ2) is 4.60. The van der Waals surface area contributed by atoms with Crippen LogP contribution >= 0.6 is 0 Å². The summed E-state index contributed by atoms with van der Waals surface area (Å²) in [4.78, 5) is 0. The molecule has 0 saturated heterocycles. The maximum absolute atomic E-state index is 5.47. The lowest BCUT2D eigenvalue weighted by molar-refractivity contribution is 0.352. The highest BCUT2D eigenvalue weighted by Crippen LogP contribution is 2.08. The summed E-state index contributed by atoms with van der Waals surface area (Å²) in [6.07, 6.45) is 2.05. The summed E-state index contributed by atoms with van der Waals surface area (Å²) in [5.74, 6) is 0.898. The van der Waals surface area contributed by atoms with Crippen molar-refractivity contribution in [2.24, 2.45) is 0 Å². The number of hydrogen-bond donors (Lipinski definition) is 0. The molecule has 1 aromatic carbocycles. The van der Waals surface area contributed by atoms with Gasteiger partial charge in [-0.05, 0) is 37.6 Å². The standard InChI is InChI=1S/C11H13O/c1-3-10(2)9-12-11-7-5-4-6-8-11/h3,5-8H,9H2,1-2H3. The van der Waals surface area contributed by atoms with Crippen LogP contribution in [0.15, 0.2) is 35.9 Å². The van der Waals surface area contributed by atoms with E-state index in [2.05, 4.69) is 19.1 Å². The molecule has 0 fully saturated rings. The predicted octanol–water partition coefficient (Wildman–Crippen LogP) is 2.83. The van der Waals surface area contributed by atoms with E-state index < -0.39 is 0 Å². The Labute approximate surface area is 73.7 Å². The minimum absolute atomic E-state index is 0.667. The van der Waals surface area contributed by atoms with Crippen molar-refractivity contribution in [2.75, 3.05) is 6.61 Å². The van der Waals surface area contributed by atoms with Crippen LogP contribution < -0.4 is 4.74 Å². The highest BCUT2D eigenvalue weighted by atomic mass is 16.5. The molecule has 0 aliphatic rings. The summed E-state index contributed by atoms with van der Waals surface area (Å²) in [6.45, 7) is 4.73. The fourth-order valence-electron chi connectivity index (χ4n) is 0.748. The van der Waals surface area contributed by atoms with Crippen LogP contribution in [0.25, 0.3) is 0 Å². The summed E-state index contributed by atoms with van der Waals surface area (Å²) < 4.78 is 5.47. The third-order valence-corrected chi connectivity index (χ3v) is 1.65. The fourth-order valence-corrected chi connectivity index (χ4v) is 0.748. The number of hydrogen-bond acceptors (Lipinski definition) is 1. The van der Waals surface area contributed by atoms with Crippen molar-refractivity contribution in [3.8, 4) is 5.75 Å². The molecule has 0 aliphatic carbocycles. The predicted molar refractivity (Wildman–Crippen MR) is 50.2 cm³/mol. The summed E-state index contributed by atoms with van der Waals surface area (Å²) in [7, 11) is 0. The van der Waals surface area contributed by atoms with Gasteiger partial charge in [0.1, 0.15) is 12.4 Å². The van der Waals surface area contributed by atoms with E-state index in [0.717, 1.165) is 5.75 Å². The lowest BCUT2D eigenvalue weighted by Gasteiger charge is -2.04. The van der Waals surface area contributed by atoms with E-state index in [-0.39, 0.29) is 0 Å². The van der Waals surface area contributed by atoms with Gasteiger partial charge in [0.15, 0.2) is 0 Å². The van der Waals surface area contributed by atoms with Gasteiger partial charge in [0.05, 0.1) is 0 Å². The summed E-state index contributed by atoms with van der Waals surface area (Å²) in [6, 6.07) is 10.4. The average molecular weight is 161 g/mol. The quantitative estimate of drug-likeness (QED) is 0.619. The molecule has 0 spiro atoms. The molecule has 1 heteroatoms. The maximum atomic E-state index is 5.47. The lowest BCUT2D eigenvalue weighted by Crippen LogP contribution is -1.97. The first-order valence-corrected chi connectivity index (χ1v) is 4.03. The molecule has 0 atom stereocenters. The van der Waals surface area contributed by atoms with E-state index in [0.29, 0.717) is 6.61 Å². The molecular weight excluding hydrogens is 148 g/mol. The molecule has 0 N–H and O–H groups in total. The van der Waals surface area contributed by atoms with Crippen LogP contribution in [-0.2, 0) is 0 Å². The average Bonchev–Trinajstić information content (AvgIpc) is 2.16. The Hall–Kier alpha value is -1.24. The Morgan fingerprint density at radius 1 is 1.50 bits per heavy atom. The second-order valence-corrected chi connectivity index (χ2v) is 2.66. The zero-order valence-corrected chi connectivity index (χ0v) is 7.50. The Balaban J connectivity index is 2.44. The van der Waals surface area contributed by atoms with Gasteiger partial charge in [-0.3, -0.25) is 0 Å². The van der Waals surface area contributed by atoms with E-state index in [1.807, 2.05) is 31.2 Å². The fraction of sp³-hybridized carbons (Fsp3) is 0.273. The minimum atomic E-state index is 0.667. The minimum Gasteiger partial charge on any atom is -0.489 e. The van der Waals surface area contributed by atoms with Gasteiger partial charge in [-0.1, -0.05) is 18.2 Å². The third-order valence-electron chi connectivity index (χ3n) is 1.65. The van der Waals surface area contributed by atoms with Crippen LogP contribution in [0.4, 0.5) is 0 Å². The monoisotopic (exact) mass is 161 g/mol. The van der Waals surface area contributed by atoms with E-state index in [9.17, 15) is 0 Å². The molecular formula is C11H13O. The van der Waals surface area contributed by atoms with E-state index in [1.54, 1.807) is 0 Å². The molecule has 1 rings (SSSR count). The van der Waals surface area contributed by atoms with Gasteiger partial charge in [0.2, 0.25) is 0 Å². The Morgan fingerprint density at radius 3 is 2.75 bits per heavy atom. The van der Waals surface area contributed by atoms with E-state index >= 15 is 0 Å². The third kappa shape index (κ3) is 2.79. The SMILES string of the molecule is CC=C(C)COc1cc[c]cc1. The number of benzene rings is 1. The van der Waals surface area contributed by atoms with Gasteiger partial charge < -0.3 is 4.74 Å². The van der Waals surface area contributed by atoms with Crippen LogP contribution in [0.5, 0.6) is 5.75 Å². The van der Waals surface area contributed by atoms with Gasteiger partial charge in [-0.25, -0.2) is 0 Å². The zero-order valence-electron chi connectivity index (χ0n) is 7.50. The van der Waals surface area contributed by atoms with Crippen molar-refractivity contribution in [1.82, 2.24) is 0 Å². The number of ether oxygens (including phenoxy) is 1. The molecule has 1 nitrogen and oxygen atoms in total. The van der Waals surface area contributed by atoms with E-state index in [1.165, 1.54) is 5.57 Å².